The normalized spacial score (nSPS) is 19.7. The second-order valence-electron chi connectivity index (χ2n) is 15.5. The number of aliphatic hydroxyl groups is 2. The van der Waals surface area contributed by atoms with Crippen LogP contribution in [0.15, 0.2) is 12.7 Å². The molecule has 4 heterocycles. The third-order valence-electron chi connectivity index (χ3n) is 10.5. The maximum Gasteiger partial charge on any atom is 1.00 e. The number of hydrogen-bond acceptors (Lipinski definition) is 13. The van der Waals surface area contributed by atoms with Crippen molar-refractivity contribution >= 4 is 56.4 Å². The van der Waals surface area contributed by atoms with E-state index in [2.05, 4.69) is 143 Å². The average Bonchev–Trinajstić information content (AvgIpc) is 3.91. The predicted octanol–water partition coefficient (Wildman–Crippen LogP) is 0.169. The van der Waals surface area contributed by atoms with Gasteiger partial charge in [0.05, 0.1) is 24.5 Å². The van der Waals surface area contributed by atoms with Crippen molar-refractivity contribution < 1.29 is 129 Å². The van der Waals surface area contributed by atoms with Gasteiger partial charge in [0.25, 0.3) is 6.47 Å². The summed E-state index contributed by atoms with van der Waals surface area (Å²) >= 11 is 3.01. The SMILES string of the molecule is C#CCBr.C#CCn1cnc2c(NC(CC)CC)nc(C#C[C@]3(O)CCC[C@@H](C)C3)nc21.CCC(CC)Nc1nc(C#C[C@]2(O)CCC[C@@H](C)C2)nc2nc[nH]c12.O=CO[O-].[H-].[K+].[K+]. The quantitative estimate of drug-likeness (QED) is 0.0359. The van der Waals surface area contributed by atoms with E-state index in [9.17, 15) is 10.2 Å². The standard InChI is InChI=1S/C22H29N5O.C19H27N5O.C3H3Br.CH2O3.2K.H/c1-5-13-27-15-23-19-20(24-17(6-2)7-3)25-18(26-21(19)27)10-12-22(28)11-8-9-16(4)14-22;1-4-14(5-2)22-18-16-17(21-12-20-16)23-15(24-18)8-10-19(25)9-6-7-13(3)11-19;1-2-3-4;2-1-4-3;;;/h1,15-17,28H,6-9,11,13-14H2,2-4H3,(H,24,25,26);12-14,25H,4-7,9,11H2,1-3H3,(H2,20,21,22,23,24);1H,3H2;1,3H;;;/q;;;;2*+1;-1/p-1/t16-,22-;13-,19-;;;;;/m11...../s1. The summed E-state index contributed by atoms with van der Waals surface area (Å²) in [5, 5.41) is 37.5. The predicted molar refractivity (Wildman–Crippen MR) is 242 cm³/mol. The van der Waals surface area contributed by atoms with E-state index in [1.165, 1.54) is 0 Å². The number of rotatable bonds is 10. The first-order valence-electron chi connectivity index (χ1n) is 21.0. The summed E-state index contributed by atoms with van der Waals surface area (Å²) in [6, 6.07) is 0.630. The van der Waals surface area contributed by atoms with Gasteiger partial charge in [-0.3, -0.25) is 4.79 Å². The third kappa shape index (κ3) is 19.4. The van der Waals surface area contributed by atoms with Gasteiger partial charge in [-0.1, -0.05) is 94.0 Å². The van der Waals surface area contributed by atoms with Gasteiger partial charge in [-0.25, -0.2) is 24.9 Å². The number of anilines is 2. The van der Waals surface area contributed by atoms with E-state index < -0.39 is 11.2 Å². The maximum atomic E-state index is 10.8. The van der Waals surface area contributed by atoms with Crippen LogP contribution in [0.2, 0.25) is 0 Å². The van der Waals surface area contributed by atoms with E-state index in [1.807, 2.05) is 4.57 Å². The van der Waals surface area contributed by atoms with Crippen LogP contribution in [0, 0.1) is 60.2 Å². The average molecular weight is 980 g/mol. The van der Waals surface area contributed by atoms with Gasteiger partial charge in [0.2, 0.25) is 11.6 Å². The molecule has 4 aromatic rings. The van der Waals surface area contributed by atoms with Crippen molar-refractivity contribution in [1.82, 2.24) is 39.5 Å². The van der Waals surface area contributed by atoms with Crippen molar-refractivity contribution in [3.8, 4) is 48.4 Å². The van der Waals surface area contributed by atoms with Crippen LogP contribution in [-0.4, -0.2) is 84.8 Å². The molecule has 4 atom stereocenters. The molecule has 0 amide bonds. The Morgan fingerprint density at radius 2 is 1.40 bits per heavy atom. The zero-order valence-electron chi connectivity index (χ0n) is 39.2. The molecule has 4 aromatic heterocycles. The number of imidazole rings is 2. The summed E-state index contributed by atoms with van der Waals surface area (Å²) in [7, 11) is 0. The van der Waals surface area contributed by atoms with Crippen LogP contribution < -0.4 is 119 Å². The Morgan fingerprint density at radius 3 is 1.86 bits per heavy atom. The smallest absolute Gasteiger partial charge is 1.00 e. The van der Waals surface area contributed by atoms with E-state index >= 15 is 0 Å². The molecule has 15 nitrogen and oxygen atoms in total. The molecule has 0 aromatic carbocycles. The molecule has 0 spiro atoms. The van der Waals surface area contributed by atoms with Crippen LogP contribution in [-0.2, 0) is 16.2 Å². The zero-order chi connectivity index (χ0) is 44.8. The van der Waals surface area contributed by atoms with E-state index in [0.717, 1.165) is 62.7 Å². The summed E-state index contributed by atoms with van der Waals surface area (Å²) in [6.07, 6.45) is 24.6. The number of carbonyl (C=O) groups excluding carboxylic acids is 1. The minimum atomic E-state index is -0.960. The minimum Gasteiger partial charge on any atom is -1.00 e. The first kappa shape index (κ1) is 59.1. The van der Waals surface area contributed by atoms with Crippen LogP contribution in [0.4, 0.5) is 11.6 Å². The minimum absolute atomic E-state index is 0. The summed E-state index contributed by atoms with van der Waals surface area (Å²) in [6.45, 7) is 13.1. The number of nitrogens with one attached hydrogen (secondary N) is 3. The first-order chi connectivity index (χ1) is 29.3. The van der Waals surface area contributed by atoms with Crippen molar-refractivity contribution in [2.24, 2.45) is 11.8 Å². The van der Waals surface area contributed by atoms with Gasteiger partial charge in [-0.05, 0) is 87.9 Å². The van der Waals surface area contributed by atoms with Gasteiger partial charge in [0.15, 0.2) is 28.4 Å². The number of nitrogens with zero attached hydrogens (tertiary/aromatic N) is 7. The molecule has 0 radical (unpaired) electrons. The first-order valence-corrected chi connectivity index (χ1v) is 22.1. The van der Waals surface area contributed by atoms with Crippen LogP contribution >= 0.6 is 15.9 Å². The fraction of sp³-hybridized carbons (Fsp3) is 0.578. The van der Waals surface area contributed by atoms with Crippen LogP contribution in [0.25, 0.3) is 22.3 Å². The molecule has 5 N–H and O–H groups in total. The molecule has 63 heavy (non-hydrogen) atoms. The van der Waals surface area contributed by atoms with E-state index in [1.54, 1.807) is 12.7 Å². The fourth-order valence-electron chi connectivity index (χ4n) is 7.30. The molecule has 18 heteroatoms. The Morgan fingerprint density at radius 1 is 0.905 bits per heavy atom. The molecular formula is C45H61BrK2N10O5. The van der Waals surface area contributed by atoms with Crippen molar-refractivity contribution in [2.75, 3.05) is 16.0 Å². The Hall–Kier alpha value is -1.96. The molecule has 0 bridgehead atoms. The number of alkyl halides is 1. The van der Waals surface area contributed by atoms with Gasteiger partial charge >= 0.3 is 103 Å². The molecular weight excluding hydrogens is 919 g/mol. The summed E-state index contributed by atoms with van der Waals surface area (Å²) in [4.78, 5) is 41.2. The molecule has 2 aliphatic carbocycles. The molecule has 330 valence electrons. The largest absolute Gasteiger partial charge is 1.00 e. The van der Waals surface area contributed by atoms with Crippen molar-refractivity contribution in [3.05, 3.63) is 24.3 Å². The Labute approximate surface area is 467 Å². The topological polar surface area (TPSA) is 212 Å². The molecule has 0 saturated heterocycles. The Bertz CT molecular complexity index is 2220. The Kier molecular flexibility index (Phi) is 29.2. The van der Waals surface area contributed by atoms with Crippen LogP contribution in [0.3, 0.4) is 0 Å². The van der Waals surface area contributed by atoms with Gasteiger partial charge < -0.3 is 42.0 Å². The molecule has 0 aliphatic heterocycles. The van der Waals surface area contributed by atoms with Gasteiger partial charge in [0.1, 0.15) is 16.7 Å². The monoisotopic (exact) mass is 978 g/mol. The number of fused-ring (bicyclic) bond motifs is 2. The summed E-state index contributed by atoms with van der Waals surface area (Å²) < 4.78 is 1.82. The van der Waals surface area contributed by atoms with Gasteiger partial charge in [0, 0.05) is 12.1 Å². The third-order valence-corrected chi connectivity index (χ3v) is 10.9. The zero-order valence-corrected chi connectivity index (χ0v) is 46.1. The van der Waals surface area contributed by atoms with Crippen LogP contribution in [0.1, 0.15) is 132 Å². The number of terminal acetylenes is 2. The van der Waals surface area contributed by atoms with Crippen molar-refractivity contribution in [3.63, 3.8) is 0 Å². The number of aromatic nitrogens is 8. The number of H-pyrrole nitrogens is 1. The second kappa shape index (κ2) is 31.1. The maximum absolute atomic E-state index is 10.8. The van der Waals surface area contributed by atoms with Gasteiger partial charge in [-0.2, -0.15) is 4.98 Å². The number of carbonyl (C=O) groups is 1. The van der Waals surface area contributed by atoms with Crippen LogP contribution in [0.5, 0.6) is 0 Å². The van der Waals surface area contributed by atoms with Crippen molar-refractivity contribution in [1.29, 1.82) is 0 Å². The summed E-state index contributed by atoms with van der Waals surface area (Å²) in [5.41, 5.74) is 0.856. The number of aromatic amines is 1. The van der Waals surface area contributed by atoms with E-state index in [-0.39, 0.29) is 111 Å². The molecule has 2 fully saturated rings. The fourth-order valence-corrected chi connectivity index (χ4v) is 7.30. The van der Waals surface area contributed by atoms with Gasteiger partial charge in [-0.15, -0.1) is 12.8 Å². The number of hydrogen-bond donors (Lipinski definition) is 5. The summed E-state index contributed by atoms with van der Waals surface area (Å²) in [5.74, 6) is 20.2. The molecule has 2 saturated carbocycles. The molecule has 2 aliphatic rings. The van der Waals surface area contributed by atoms with E-state index in [0.29, 0.717) is 95.8 Å². The number of halogens is 1. The Balaban J connectivity index is 0.00000102. The molecule has 0 unspecified atom stereocenters. The molecule has 6 rings (SSSR count). The second-order valence-corrected chi connectivity index (χ2v) is 16.0. The van der Waals surface area contributed by atoms with Crippen molar-refractivity contribution in [2.45, 2.75) is 148 Å². The van der Waals surface area contributed by atoms with E-state index in [4.69, 9.17) is 22.9 Å².